The zero-order valence-electron chi connectivity index (χ0n) is 7.69. The Balaban J connectivity index is 1.98. The highest BCUT2D eigenvalue weighted by Gasteiger charge is 2.37. The van der Waals surface area contributed by atoms with Gasteiger partial charge in [0, 0.05) is 11.3 Å². The van der Waals surface area contributed by atoms with Crippen LogP contribution in [0.3, 0.4) is 0 Å². The Morgan fingerprint density at radius 3 is 1.58 bits per heavy atom. The van der Waals surface area contributed by atoms with Crippen LogP contribution in [0.5, 0.6) is 0 Å². The third-order valence-corrected chi connectivity index (χ3v) is 7.44. The minimum atomic E-state index is 0.148. The van der Waals surface area contributed by atoms with E-state index in [-0.39, 0.29) is 15.8 Å². The molecule has 0 amide bonds. The van der Waals surface area contributed by atoms with E-state index in [0.29, 0.717) is 0 Å². The van der Waals surface area contributed by atoms with Crippen molar-refractivity contribution in [2.45, 2.75) is 11.3 Å². The van der Waals surface area contributed by atoms with E-state index in [0.717, 1.165) is 37.2 Å². The van der Waals surface area contributed by atoms with E-state index in [4.69, 9.17) is 9.47 Å². The highest BCUT2D eigenvalue weighted by atomic mass is 31.1. The van der Waals surface area contributed by atoms with Crippen LogP contribution in [-0.2, 0) is 9.47 Å². The molecule has 70 valence electrons. The maximum absolute atomic E-state index is 5.51. The van der Waals surface area contributed by atoms with Gasteiger partial charge in [0.1, 0.15) is 0 Å². The second kappa shape index (κ2) is 3.88. The first-order chi connectivity index (χ1) is 5.79. The normalized spacial score (nSPS) is 48.5. The van der Waals surface area contributed by atoms with Gasteiger partial charge in [-0.15, -0.1) is 0 Å². The lowest BCUT2D eigenvalue weighted by Crippen LogP contribution is -2.23. The molecule has 2 heterocycles. The Labute approximate surface area is 76.5 Å². The molecule has 0 radical (unpaired) electrons. The molecule has 12 heavy (non-hydrogen) atoms. The van der Waals surface area contributed by atoms with Gasteiger partial charge in [0.15, 0.2) is 0 Å². The lowest BCUT2D eigenvalue weighted by Gasteiger charge is -2.23. The van der Waals surface area contributed by atoms with Crippen molar-refractivity contribution >= 4 is 15.8 Å². The molecule has 0 N–H and O–H groups in total. The first-order valence-corrected chi connectivity index (χ1v) is 8.43. The Morgan fingerprint density at radius 1 is 0.917 bits per heavy atom. The summed E-state index contributed by atoms with van der Waals surface area (Å²) in [6.45, 7) is 6.74. The van der Waals surface area contributed by atoms with Crippen LogP contribution in [0.25, 0.3) is 0 Å². The minimum Gasteiger partial charge on any atom is -0.376 e. The number of ether oxygens (including phenoxy) is 2. The third-order valence-electron chi connectivity index (χ3n) is 2.74. The molecule has 2 nitrogen and oxygen atoms in total. The molecule has 0 aromatic carbocycles. The molecule has 2 rings (SSSR count). The summed E-state index contributed by atoms with van der Waals surface area (Å²) in [5.74, 6) is 0. The van der Waals surface area contributed by atoms with Crippen LogP contribution in [0.1, 0.15) is 0 Å². The van der Waals surface area contributed by atoms with E-state index in [9.17, 15) is 0 Å². The van der Waals surface area contributed by atoms with Crippen LogP contribution in [0, 0.1) is 0 Å². The maximum atomic E-state index is 5.51. The quantitative estimate of drug-likeness (QED) is 0.610. The van der Waals surface area contributed by atoms with Gasteiger partial charge in [0.05, 0.1) is 25.9 Å². The Hall–Kier alpha value is 0.780. The average Bonchev–Trinajstić information content (AvgIpc) is 2.59. The fourth-order valence-electron chi connectivity index (χ4n) is 1.89. The van der Waals surface area contributed by atoms with Gasteiger partial charge in [-0.05, 0) is 13.3 Å². The van der Waals surface area contributed by atoms with Crippen molar-refractivity contribution in [1.82, 2.24) is 0 Å². The van der Waals surface area contributed by atoms with Gasteiger partial charge in [-0.1, -0.05) is 15.8 Å². The smallest absolute Gasteiger partial charge is 0.0660 e. The van der Waals surface area contributed by atoms with E-state index in [1.165, 1.54) is 0 Å². The van der Waals surface area contributed by atoms with Crippen molar-refractivity contribution in [2.75, 3.05) is 39.2 Å². The summed E-state index contributed by atoms with van der Waals surface area (Å²) in [7, 11) is 0.296. The predicted octanol–water partition coefficient (Wildman–Crippen LogP) is 1.92. The fourth-order valence-corrected chi connectivity index (χ4v) is 6.49. The molecule has 4 atom stereocenters. The fraction of sp³-hybridized carbons (Fsp3) is 1.00. The van der Waals surface area contributed by atoms with Crippen LogP contribution in [-0.4, -0.2) is 50.6 Å². The van der Waals surface area contributed by atoms with Crippen LogP contribution in [0.15, 0.2) is 0 Å². The highest BCUT2D eigenvalue weighted by molar-refractivity contribution is 7.62. The molecule has 4 unspecified atom stereocenters. The SMILES string of the molecule is CP1COCC1C1COCP1C. The molecule has 0 spiro atoms. The summed E-state index contributed by atoms with van der Waals surface area (Å²) in [5, 5.41) is 0. The van der Waals surface area contributed by atoms with Gasteiger partial charge < -0.3 is 9.47 Å². The van der Waals surface area contributed by atoms with E-state index in [1.807, 2.05) is 0 Å². The molecular formula is C8H16O2P2. The number of rotatable bonds is 1. The van der Waals surface area contributed by atoms with Gasteiger partial charge in [0.25, 0.3) is 0 Å². The standard InChI is InChI=1S/C8H16O2P2/c1-11-5-9-3-7(11)8-4-10-6-12(8)2/h7-8H,3-6H2,1-2H3. The Morgan fingerprint density at radius 2 is 1.33 bits per heavy atom. The van der Waals surface area contributed by atoms with Crippen molar-refractivity contribution in [1.29, 1.82) is 0 Å². The lowest BCUT2D eigenvalue weighted by atomic mass is 10.3. The van der Waals surface area contributed by atoms with Crippen LogP contribution < -0.4 is 0 Å². The van der Waals surface area contributed by atoms with Crippen molar-refractivity contribution in [2.24, 2.45) is 0 Å². The van der Waals surface area contributed by atoms with Gasteiger partial charge in [0.2, 0.25) is 0 Å². The average molecular weight is 206 g/mol. The molecule has 0 aromatic heterocycles. The first kappa shape index (κ1) is 9.34. The molecular weight excluding hydrogens is 190 g/mol. The molecule has 2 fully saturated rings. The Bertz CT molecular complexity index is 147. The molecule has 2 saturated heterocycles. The van der Waals surface area contributed by atoms with Crippen LogP contribution in [0.4, 0.5) is 0 Å². The zero-order valence-corrected chi connectivity index (χ0v) is 9.48. The second-order valence-corrected chi connectivity index (χ2v) is 8.52. The van der Waals surface area contributed by atoms with Gasteiger partial charge >= 0.3 is 0 Å². The summed E-state index contributed by atoms with van der Waals surface area (Å²) < 4.78 is 11.0. The zero-order chi connectivity index (χ0) is 8.55. The summed E-state index contributed by atoms with van der Waals surface area (Å²) in [6.07, 6.45) is 2.05. The molecule has 2 aliphatic rings. The summed E-state index contributed by atoms with van der Waals surface area (Å²) in [6, 6.07) is 0. The van der Waals surface area contributed by atoms with Crippen molar-refractivity contribution in [3.05, 3.63) is 0 Å². The first-order valence-electron chi connectivity index (χ1n) is 4.35. The minimum absolute atomic E-state index is 0.148. The molecule has 4 heteroatoms. The Kier molecular flexibility index (Phi) is 3.02. The summed E-state index contributed by atoms with van der Waals surface area (Å²) in [4.78, 5) is 0. The highest BCUT2D eigenvalue weighted by Crippen LogP contribution is 2.55. The number of hydrogen-bond donors (Lipinski definition) is 0. The number of hydrogen-bond acceptors (Lipinski definition) is 2. The molecule has 2 aliphatic heterocycles. The lowest BCUT2D eigenvalue weighted by molar-refractivity contribution is 0.179. The molecule has 0 aliphatic carbocycles. The van der Waals surface area contributed by atoms with E-state index < -0.39 is 0 Å². The van der Waals surface area contributed by atoms with Crippen molar-refractivity contribution in [3.63, 3.8) is 0 Å². The molecule has 0 aromatic rings. The largest absolute Gasteiger partial charge is 0.376 e. The second-order valence-electron chi connectivity index (χ2n) is 3.65. The topological polar surface area (TPSA) is 18.5 Å². The van der Waals surface area contributed by atoms with Crippen molar-refractivity contribution in [3.8, 4) is 0 Å². The van der Waals surface area contributed by atoms with E-state index >= 15 is 0 Å². The third kappa shape index (κ3) is 1.68. The van der Waals surface area contributed by atoms with Crippen LogP contribution >= 0.6 is 15.8 Å². The predicted molar refractivity (Wildman–Crippen MR) is 54.9 cm³/mol. The summed E-state index contributed by atoms with van der Waals surface area (Å²) in [5.41, 5.74) is 1.69. The van der Waals surface area contributed by atoms with Crippen LogP contribution in [0.2, 0.25) is 0 Å². The van der Waals surface area contributed by atoms with Gasteiger partial charge in [-0.3, -0.25) is 0 Å². The van der Waals surface area contributed by atoms with Crippen molar-refractivity contribution < 1.29 is 9.47 Å². The van der Waals surface area contributed by atoms with Gasteiger partial charge in [-0.25, -0.2) is 0 Å². The monoisotopic (exact) mass is 206 g/mol. The van der Waals surface area contributed by atoms with E-state index in [1.54, 1.807) is 0 Å². The maximum Gasteiger partial charge on any atom is 0.0660 e. The van der Waals surface area contributed by atoms with Gasteiger partial charge in [-0.2, -0.15) is 0 Å². The molecule has 0 saturated carbocycles. The summed E-state index contributed by atoms with van der Waals surface area (Å²) >= 11 is 0. The van der Waals surface area contributed by atoms with E-state index in [2.05, 4.69) is 13.3 Å². The molecule has 0 bridgehead atoms.